The highest BCUT2D eigenvalue weighted by Crippen LogP contribution is 2.17. The fourth-order valence-electron chi connectivity index (χ4n) is 3.26. The first-order valence-corrected chi connectivity index (χ1v) is 9.73. The maximum atomic E-state index is 12.6. The van der Waals surface area contributed by atoms with Gasteiger partial charge in [0.05, 0.1) is 23.0 Å². The van der Waals surface area contributed by atoms with E-state index in [0.717, 1.165) is 29.7 Å². The van der Waals surface area contributed by atoms with Crippen LogP contribution in [-0.2, 0) is 11.3 Å². The highest BCUT2D eigenvalue weighted by atomic mass is 16.2. The highest BCUT2D eigenvalue weighted by Gasteiger charge is 2.16. The number of para-hydroxylation sites is 3. The van der Waals surface area contributed by atoms with Crippen molar-refractivity contribution in [1.29, 1.82) is 0 Å². The summed E-state index contributed by atoms with van der Waals surface area (Å²) in [4.78, 5) is 28.5. The standard InChI is InChI=1S/C22H22N6O2/c1-16(29)25-21-14-19(26-28(21)17-8-3-2-4-9-17)22(30)23-12-7-13-27-15-24-18-10-5-6-11-20(18)27/h2-6,8-11,14-15H,7,12-13H2,1H3,(H,23,30)(H,25,29). The van der Waals surface area contributed by atoms with E-state index in [-0.39, 0.29) is 17.5 Å². The molecule has 2 N–H and O–H groups in total. The number of aromatic nitrogens is 4. The van der Waals surface area contributed by atoms with Crippen LogP contribution in [0.25, 0.3) is 16.7 Å². The summed E-state index contributed by atoms with van der Waals surface area (Å²) in [5.41, 5.74) is 3.03. The lowest BCUT2D eigenvalue weighted by molar-refractivity contribution is -0.114. The van der Waals surface area contributed by atoms with Crippen LogP contribution >= 0.6 is 0 Å². The van der Waals surface area contributed by atoms with Crippen molar-refractivity contribution in [2.24, 2.45) is 0 Å². The predicted octanol–water partition coefficient (Wildman–Crippen LogP) is 3.00. The molecule has 0 radical (unpaired) electrons. The SMILES string of the molecule is CC(=O)Nc1cc(C(=O)NCCCn2cnc3ccccc32)nn1-c1ccccc1. The fourth-order valence-corrected chi connectivity index (χ4v) is 3.26. The summed E-state index contributed by atoms with van der Waals surface area (Å²) in [6.45, 7) is 2.66. The summed E-state index contributed by atoms with van der Waals surface area (Å²) >= 11 is 0. The fraction of sp³-hybridized carbons (Fsp3) is 0.182. The number of fused-ring (bicyclic) bond motifs is 1. The normalized spacial score (nSPS) is 10.8. The summed E-state index contributed by atoms with van der Waals surface area (Å²) in [7, 11) is 0. The lowest BCUT2D eigenvalue weighted by Gasteiger charge is -2.07. The van der Waals surface area contributed by atoms with Gasteiger partial charge in [0.1, 0.15) is 5.82 Å². The van der Waals surface area contributed by atoms with Crippen molar-refractivity contribution in [1.82, 2.24) is 24.6 Å². The Hall–Kier alpha value is -3.94. The molecular weight excluding hydrogens is 380 g/mol. The van der Waals surface area contributed by atoms with E-state index in [4.69, 9.17) is 0 Å². The van der Waals surface area contributed by atoms with Gasteiger partial charge in [0.25, 0.3) is 5.91 Å². The topological polar surface area (TPSA) is 93.8 Å². The quantitative estimate of drug-likeness (QED) is 0.465. The molecule has 0 saturated heterocycles. The number of benzene rings is 2. The van der Waals surface area contributed by atoms with Crippen LogP contribution in [0.1, 0.15) is 23.8 Å². The number of hydrogen-bond donors (Lipinski definition) is 2. The van der Waals surface area contributed by atoms with Gasteiger partial charge in [-0.15, -0.1) is 0 Å². The van der Waals surface area contributed by atoms with E-state index in [1.165, 1.54) is 6.92 Å². The molecule has 0 aliphatic heterocycles. The molecular formula is C22H22N6O2. The number of amides is 2. The molecule has 2 aromatic heterocycles. The smallest absolute Gasteiger partial charge is 0.271 e. The summed E-state index contributed by atoms with van der Waals surface area (Å²) in [5.74, 6) is -0.0675. The third-order valence-electron chi connectivity index (χ3n) is 4.64. The zero-order valence-corrected chi connectivity index (χ0v) is 16.6. The summed E-state index contributed by atoms with van der Waals surface area (Å²) < 4.78 is 3.62. The van der Waals surface area contributed by atoms with E-state index in [0.29, 0.717) is 12.4 Å². The van der Waals surface area contributed by atoms with Gasteiger partial charge in [-0.3, -0.25) is 9.59 Å². The monoisotopic (exact) mass is 402 g/mol. The average Bonchev–Trinajstić information content (AvgIpc) is 3.36. The first-order valence-electron chi connectivity index (χ1n) is 9.73. The Morgan fingerprint density at radius 3 is 2.60 bits per heavy atom. The molecule has 30 heavy (non-hydrogen) atoms. The maximum absolute atomic E-state index is 12.6. The molecule has 0 saturated carbocycles. The second-order valence-corrected chi connectivity index (χ2v) is 6.88. The number of nitrogens with zero attached hydrogens (tertiary/aromatic N) is 4. The number of aryl methyl sites for hydroxylation is 1. The molecule has 8 nitrogen and oxygen atoms in total. The number of carbonyl (C=O) groups excluding carboxylic acids is 2. The minimum atomic E-state index is -0.285. The molecule has 2 amide bonds. The van der Waals surface area contributed by atoms with E-state index in [2.05, 4.69) is 25.3 Å². The Kier molecular flexibility index (Phi) is 5.56. The molecule has 8 heteroatoms. The van der Waals surface area contributed by atoms with Crippen LogP contribution in [0.15, 0.2) is 67.0 Å². The van der Waals surface area contributed by atoms with Crippen molar-refractivity contribution >= 4 is 28.7 Å². The predicted molar refractivity (Wildman–Crippen MR) is 115 cm³/mol. The van der Waals surface area contributed by atoms with Crippen LogP contribution < -0.4 is 10.6 Å². The molecule has 0 fully saturated rings. The summed E-state index contributed by atoms with van der Waals surface area (Å²) in [6, 6.07) is 18.9. The number of hydrogen-bond acceptors (Lipinski definition) is 4. The summed E-state index contributed by atoms with van der Waals surface area (Å²) in [5, 5.41) is 9.99. The third kappa shape index (κ3) is 4.22. The molecule has 4 aromatic rings. The van der Waals surface area contributed by atoms with E-state index in [1.54, 1.807) is 10.7 Å². The number of rotatable bonds is 7. The van der Waals surface area contributed by atoms with Crippen LogP contribution in [0.5, 0.6) is 0 Å². The van der Waals surface area contributed by atoms with Gasteiger partial charge in [-0.2, -0.15) is 5.10 Å². The minimum Gasteiger partial charge on any atom is -0.351 e. The summed E-state index contributed by atoms with van der Waals surface area (Å²) in [6.07, 6.45) is 2.57. The molecule has 4 rings (SSSR count). The first kappa shape index (κ1) is 19.4. The largest absolute Gasteiger partial charge is 0.351 e. The number of carbonyl (C=O) groups is 2. The first-order chi connectivity index (χ1) is 14.6. The number of nitrogens with one attached hydrogen (secondary N) is 2. The van der Waals surface area contributed by atoms with E-state index in [1.807, 2.05) is 60.9 Å². The van der Waals surface area contributed by atoms with Crippen LogP contribution in [-0.4, -0.2) is 37.7 Å². The van der Waals surface area contributed by atoms with E-state index in [9.17, 15) is 9.59 Å². The van der Waals surface area contributed by atoms with Gasteiger partial charge in [-0.05, 0) is 30.7 Å². The lowest BCUT2D eigenvalue weighted by Crippen LogP contribution is -2.25. The Balaban J connectivity index is 1.40. The van der Waals surface area contributed by atoms with Crippen molar-refractivity contribution in [3.63, 3.8) is 0 Å². The van der Waals surface area contributed by atoms with Gasteiger partial charge in [-0.1, -0.05) is 30.3 Å². The molecule has 0 aliphatic rings. The Bertz CT molecular complexity index is 1180. The third-order valence-corrected chi connectivity index (χ3v) is 4.64. The molecule has 0 aliphatic carbocycles. The van der Waals surface area contributed by atoms with Crippen molar-refractivity contribution in [3.05, 3.63) is 72.7 Å². The van der Waals surface area contributed by atoms with Gasteiger partial charge in [0.15, 0.2) is 5.69 Å². The molecule has 152 valence electrons. The second-order valence-electron chi connectivity index (χ2n) is 6.88. The Morgan fingerprint density at radius 1 is 1.03 bits per heavy atom. The van der Waals surface area contributed by atoms with Gasteiger partial charge in [0.2, 0.25) is 5.91 Å². The second kappa shape index (κ2) is 8.60. The molecule has 0 atom stereocenters. The number of imidazole rings is 1. The minimum absolute atomic E-state index is 0.230. The van der Waals surface area contributed by atoms with Crippen molar-refractivity contribution in [2.75, 3.05) is 11.9 Å². The lowest BCUT2D eigenvalue weighted by atomic mass is 10.3. The van der Waals surface area contributed by atoms with Crippen molar-refractivity contribution in [2.45, 2.75) is 19.9 Å². The zero-order valence-electron chi connectivity index (χ0n) is 16.6. The Morgan fingerprint density at radius 2 is 1.80 bits per heavy atom. The van der Waals surface area contributed by atoms with Gasteiger partial charge in [-0.25, -0.2) is 9.67 Å². The molecule has 0 spiro atoms. The van der Waals surface area contributed by atoms with Gasteiger partial charge in [0, 0.05) is 26.1 Å². The average molecular weight is 402 g/mol. The number of anilines is 1. The maximum Gasteiger partial charge on any atom is 0.271 e. The Labute approximate surface area is 173 Å². The van der Waals surface area contributed by atoms with Gasteiger partial charge < -0.3 is 15.2 Å². The van der Waals surface area contributed by atoms with Crippen LogP contribution in [0.4, 0.5) is 5.82 Å². The molecule has 2 heterocycles. The van der Waals surface area contributed by atoms with Crippen LogP contribution in [0.2, 0.25) is 0 Å². The molecule has 0 bridgehead atoms. The zero-order chi connectivity index (χ0) is 20.9. The van der Waals surface area contributed by atoms with Crippen molar-refractivity contribution in [3.8, 4) is 5.69 Å². The van der Waals surface area contributed by atoms with Crippen LogP contribution in [0.3, 0.4) is 0 Å². The highest BCUT2D eigenvalue weighted by molar-refractivity contribution is 5.95. The van der Waals surface area contributed by atoms with E-state index >= 15 is 0 Å². The van der Waals surface area contributed by atoms with Crippen LogP contribution in [0, 0.1) is 0 Å². The molecule has 0 unspecified atom stereocenters. The van der Waals surface area contributed by atoms with Crippen molar-refractivity contribution < 1.29 is 9.59 Å². The van der Waals surface area contributed by atoms with E-state index < -0.39 is 0 Å². The van der Waals surface area contributed by atoms with Gasteiger partial charge >= 0.3 is 0 Å². The molecule has 2 aromatic carbocycles.